The summed E-state index contributed by atoms with van der Waals surface area (Å²) < 4.78 is 0. The van der Waals surface area contributed by atoms with Crippen molar-refractivity contribution in [3.05, 3.63) is 0 Å². The second-order valence-corrected chi connectivity index (χ2v) is 3.46. The average Bonchev–Trinajstić information content (AvgIpc) is 1.96. The van der Waals surface area contributed by atoms with Gasteiger partial charge in [-0.3, -0.25) is 4.90 Å². The van der Waals surface area contributed by atoms with Crippen molar-refractivity contribution >= 4 is 0 Å². The van der Waals surface area contributed by atoms with E-state index in [0.717, 1.165) is 13.1 Å². The van der Waals surface area contributed by atoms with E-state index in [4.69, 9.17) is 5.26 Å². The minimum atomic E-state index is 0.547. The highest BCUT2D eigenvalue weighted by Gasteiger charge is 2.11. The van der Waals surface area contributed by atoms with Crippen molar-refractivity contribution in [2.75, 3.05) is 13.1 Å². The van der Waals surface area contributed by atoms with Gasteiger partial charge in [0.1, 0.15) is 0 Å². The first kappa shape index (κ1) is 11.2. The minimum absolute atomic E-state index is 0.547. The smallest absolute Gasteiger partial charge is 0.176 e. The summed E-state index contributed by atoms with van der Waals surface area (Å²) in [5.74, 6) is 0. The zero-order chi connectivity index (χ0) is 9.56. The van der Waals surface area contributed by atoms with Crippen molar-refractivity contribution in [1.29, 1.82) is 5.26 Å². The second-order valence-electron chi connectivity index (χ2n) is 3.46. The van der Waals surface area contributed by atoms with Gasteiger partial charge in [0.25, 0.3) is 0 Å². The van der Waals surface area contributed by atoms with E-state index in [-0.39, 0.29) is 0 Å². The van der Waals surface area contributed by atoms with Crippen LogP contribution in [-0.4, -0.2) is 30.1 Å². The molecular formula is C9H19N3. The third-order valence-electron chi connectivity index (χ3n) is 1.90. The van der Waals surface area contributed by atoms with E-state index in [9.17, 15) is 0 Å². The van der Waals surface area contributed by atoms with Gasteiger partial charge in [-0.1, -0.05) is 0 Å². The Morgan fingerprint density at radius 2 is 1.75 bits per heavy atom. The molecule has 0 radical (unpaired) electrons. The zero-order valence-electron chi connectivity index (χ0n) is 8.46. The molecule has 70 valence electrons. The van der Waals surface area contributed by atoms with Crippen molar-refractivity contribution in [2.24, 2.45) is 0 Å². The van der Waals surface area contributed by atoms with Crippen LogP contribution >= 0.6 is 0 Å². The highest BCUT2D eigenvalue weighted by atomic mass is 15.2. The Kier molecular flexibility index (Phi) is 5.48. The normalized spacial score (nSPS) is 10.8. The lowest BCUT2D eigenvalue weighted by Crippen LogP contribution is -2.40. The lowest BCUT2D eigenvalue weighted by Gasteiger charge is -2.30. The van der Waals surface area contributed by atoms with Gasteiger partial charge in [0.05, 0.1) is 0 Å². The molecule has 0 aromatic heterocycles. The van der Waals surface area contributed by atoms with Crippen LogP contribution in [0, 0.1) is 11.5 Å². The fourth-order valence-corrected chi connectivity index (χ4v) is 1.35. The molecule has 12 heavy (non-hydrogen) atoms. The third kappa shape index (κ3) is 4.20. The Hall–Kier alpha value is -0.750. The lowest BCUT2D eigenvalue weighted by molar-refractivity contribution is 0.178. The Morgan fingerprint density at radius 1 is 1.25 bits per heavy atom. The van der Waals surface area contributed by atoms with Gasteiger partial charge in [0.2, 0.25) is 0 Å². The Labute approximate surface area is 75.4 Å². The van der Waals surface area contributed by atoms with Crippen LogP contribution < -0.4 is 5.32 Å². The molecule has 0 aromatic rings. The summed E-state index contributed by atoms with van der Waals surface area (Å²) in [6.45, 7) is 10.4. The molecule has 0 aliphatic carbocycles. The molecule has 0 aromatic carbocycles. The molecule has 0 bridgehead atoms. The summed E-state index contributed by atoms with van der Waals surface area (Å²) in [6, 6.07) is 1.09. The van der Waals surface area contributed by atoms with E-state index in [1.807, 2.05) is 6.19 Å². The van der Waals surface area contributed by atoms with E-state index >= 15 is 0 Å². The highest BCUT2D eigenvalue weighted by molar-refractivity contribution is 4.71. The number of nitrogens with one attached hydrogen (secondary N) is 1. The largest absolute Gasteiger partial charge is 0.323 e. The maximum absolute atomic E-state index is 8.28. The van der Waals surface area contributed by atoms with Crippen molar-refractivity contribution < 1.29 is 0 Å². The van der Waals surface area contributed by atoms with E-state index in [2.05, 4.69) is 37.9 Å². The molecular weight excluding hydrogens is 150 g/mol. The topological polar surface area (TPSA) is 39.1 Å². The lowest BCUT2D eigenvalue weighted by atomic mass is 10.2. The van der Waals surface area contributed by atoms with Crippen molar-refractivity contribution in [2.45, 2.75) is 39.8 Å². The molecule has 0 aliphatic rings. The van der Waals surface area contributed by atoms with Crippen LogP contribution in [0.25, 0.3) is 0 Å². The van der Waals surface area contributed by atoms with E-state index < -0.39 is 0 Å². The predicted octanol–water partition coefficient (Wildman–Crippen LogP) is 1.18. The van der Waals surface area contributed by atoms with Gasteiger partial charge in [0.15, 0.2) is 6.19 Å². The Balaban J connectivity index is 3.74. The van der Waals surface area contributed by atoms with Gasteiger partial charge in [-0.25, -0.2) is 0 Å². The van der Waals surface area contributed by atoms with Gasteiger partial charge in [-0.05, 0) is 27.7 Å². The summed E-state index contributed by atoms with van der Waals surface area (Å²) in [5.41, 5.74) is 0. The van der Waals surface area contributed by atoms with Gasteiger partial charge >= 0.3 is 0 Å². The van der Waals surface area contributed by atoms with Crippen LogP contribution in [0.15, 0.2) is 0 Å². The van der Waals surface area contributed by atoms with Crippen LogP contribution in [0.3, 0.4) is 0 Å². The van der Waals surface area contributed by atoms with E-state index in [1.165, 1.54) is 0 Å². The van der Waals surface area contributed by atoms with Gasteiger partial charge in [0, 0.05) is 25.2 Å². The summed E-state index contributed by atoms with van der Waals surface area (Å²) >= 11 is 0. The molecule has 0 saturated heterocycles. The number of rotatable bonds is 5. The number of hydrogen-bond acceptors (Lipinski definition) is 3. The second kappa shape index (κ2) is 5.84. The molecule has 0 rings (SSSR count). The molecule has 3 heteroatoms. The quantitative estimate of drug-likeness (QED) is 0.381. The SMILES string of the molecule is CC(C)N(CCNC#N)C(C)C. The molecule has 0 heterocycles. The minimum Gasteiger partial charge on any atom is -0.323 e. The molecule has 0 spiro atoms. The molecule has 0 aliphatic heterocycles. The Bertz CT molecular complexity index is 138. The maximum Gasteiger partial charge on any atom is 0.176 e. The Morgan fingerprint density at radius 3 is 2.08 bits per heavy atom. The van der Waals surface area contributed by atoms with Crippen LogP contribution in [0.1, 0.15) is 27.7 Å². The first-order valence-corrected chi connectivity index (χ1v) is 4.47. The average molecular weight is 169 g/mol. The molecule has 3 nitrogen and oxygen atoms in total. The van der Waals surface area contributed by atoms with Gasteiger partial charge < -0.3 is 5.32 Å². The number of nitriles is 1. The third-order valence-corrected chi connectivity index (χ3v) is 1.90. The fourth-order valence-electron chi connectivity index (χ4n) is 1.35. The van der Waals surface area contributed by atoms with Crippen LogP contribution in [0.2, 0.25) is 0 Å². The monoisotopic (exact) mass is 169 g/mol. The first-order valence-electron chi connectivity index (χ1n) is 4.47. The highest BCUT2D eigenvalue weighted by Crippen LogP contribution is 2.02. The van der Waals surface area contributed by atoms with Crippen molar-refractivity contribution in [1.82, 2.24) is 10.2 Å². The standard InChI is InChI=1S/C9H19N3/c1-8(2)12(9(3)4)6-5-11-7-10/h8-9,11H,5-6H2,1-4H3. The van der Waals surface area contributed by atoms with Crippen LogP contribution in [0.5, 0.6) is 0 Å². The summed E-state index contributed by atoms with van der Waals surface area (Å²) in [4.78, 5) is 2.35. The molecule has 0 atom stereocenters. The molecule has 0 amide bonds. The van der Waals surface area contributed by atoms with Crippen molar-refractivity contribution in [3.63, 3.8) is 0 Å². The van der Waals surface area contributed by atoms with Crippen LogP contribution in [0.4, 0.5) is 0 Å². The molecule has 1 N–H and O–H groups in total. The fraction of sp³-hybridized carbons (Fsp3) is 0.889. The van der Waals surface area contributed by atoms with E-state index in [0.29, 0.717) is 12.1 Å². The van der Waals surface area contributed by atoms with Gasteiger partial charge in [-0.15, -0.1) is 0 Å². The summed E-state index contributed by atoms with van der Waals surface area (Å²) in [7, 11) is 0. The van der Waals surface area contributed by atoms with Crippen molar-refractivity contribution in [3.8, 4) is 6.19 Å². The molecule has 0 fully saturated rings. The predicted molar refractivity (Wildman–Crippen MR) is 50.6 cm³/mol. The summed E-state index contributed by atoms with van der Waals surface area (Å²) in [5, 5.41) is 10.9. The van der Waals surface area contributed by atoms with Gasteiger partial charge in [-0.2, -0.15) is 5.26 Å². The van der Waals surface area contributed by atoms with E-state index in [1.54, 1.807) is 0 Å². The molecule has 0 unspecified atom stereocenters. The maximum atomic E-state index is 8.28. The summed E-state index contributed by atoms with van der Waals surface area (Å²) in [6.07, 6.45) is 1.92. The number of hydrogen-bond donors (Lipinski definition) is 1. The molecule has 0 saturated carbocycles. The zero-order valence-corrected chi connectivity index (χ0v) is 8.46. The first-order chi connectivity index (χ1) is 5.59. The number of nitrogens with zero attached hydrogens (tertiary/aromatic N) is 2. The van der Waals surface area contributed by atoms with Crippen LogP contribution in [-0.2, 0) is 0 Å².